The summed E-state index contributed by atoms with van der Waals surface area (Å²) in [6.45, 7) is 5.14. The van der Waals surface area contributed by atoms with Crippen molar-refractivity contribution in [1.29, 1.82) is 0 Å². The van der Waals surface area contributed by atoms with Crippen molar-refractivity contribution in [2.24, 2.45) is 5.73 Å². The topological polar surface area (TPSA) is 131 Å². The van der Waals surface area contributed by atoms with Crippen LogP contribution in [0.5, 0.6) is 0 Å². The highest BCUT2D eigenvalue weighted by Gasteiger charge is 2.41. The van der Waals surface area contributed by atoms with E-state index in [1.54, 1.807) is 79.9 Å². The third-order valence-electron chi connectivity index (χ3n) is 3.54. The molecule has 156 valence electrons. The first-order valence-corrected chi connectivity index (χ1v) is 10.9. The number of hydrogen-bond donors (Lipinski definition) is 4. The smallest absolute Gasteiger partial charge is 0.408 e. The number of carboxylic acid groups (broad SMARTS) is 1. The van der Waals surface area contributed by atoms with Gasteiger partial charge in [0.25, 0.3) is 0 Å². The Hall–Kier alpha value is -1.53. The lowest BCUT2D eigenvalue weighted by Gasteiger charge is -2.31. The molecule has 0 heterocycles. The van der Waals surface area contributed by atoms with Gasteiger partial charge in [0.2, 0.25) is 5.91 Å². The highest BCUT2D eigenvalue weighted by molar-refractivity contribution is 14.1. The average molecular weight is 523 g/mol. The highest BCUT2D eigenvalue weighted by atomic mass is 127. The Morgan fingerprint density at radius 2 is 1.79 bits per heavy atom. The van der Waals surface area contributed by atoms with E-state index in [1.165, 1.54) is 11.8 Å². The normalized spacial score (nSPS) is 15.6. The monoisotopic (exact) mass is 523 g/mol. The summed E-state index contributed by atoms with van der Waals surface area (Å²) in [5.41, 5.74) is 5.70. The SMILES string of the molecule is CSCC(NC(=O)C(NC(=O)OC(C)(C)C)c1ccccc1)C(N)(I)C(=O)O. The maximum Gasteiger partial charge on any atom is 0.408 e. The lowest BCUT2D eigenvalue weighted by Crippen LogP contribution is -2.61. The summed E-state index contributed by atoms with van der Waals surface area (Å²) in [5, 5.41) is 14.6. The van der Waals surface area contributed by atoms with E-state index in [0.29, 0.717) is 5.56 Å². The number of thioether (sulfide) groups is 1. The minimum Gasteiger partial charge on any atom is -0.479 e. The van der Waals surface area contributed by atoms with Gasteiger partial charge in [-0.15, -0.1) is 0 Å². The van der Waals surface area contributed by atoms with Crippen LogP contribution in [0.2, 0.25) is 0 Å². The van der Waals surface area contributed by atoms with E-state index >= 15 is 0 Å². The van der Waals surface area contributed by atoms with E-state index in [1.807, 2.05) is 0 Å². The molecule has 0 fully saturated rings. The van der Waals surface area contributed by atoms with E-state index in [0.717, 1.165) is 0 Å². The molecule has 0 bridgehead atoms. The molecule has 0 spiro atoms. The maximum atomic E-state index is 13.0. The fraction of sp³-hybridized carbons (Fsp3) is 0.500. The Balaban J connectivity index is 3.10. The number of benzene rings is 1. The molecule has 0 aromatic heterocycles. The molecule has 0 aliphatic carbocycles. The predicted octanol–water partition coefficient (Wildman–Crippen LogP) is 2.27. The number of carboxylic acids is 1. The third-order valence-corrected chi connectivity index (χ3v) is 5.42. The molecular weight excluding hydrogens is 497 g/mol. The molecule has 0 saturated carbocycles. The summed E-state index contributed by atoms with van der Waals surface area (Å²) >= 11 is 2.95. The molecule has 3 unspecified atom stereocenters. The summed E-state index contributed by atoms with van der Waals surface area (Å²) in [6, 6.07) is 6.68. The Labute approximate surface area is 182 Å². The zero-order chi connectivity index (χ0) is 21.5. The van der Waals surface area contributed by atoms with Crippen molar-refractivity contribution < 1.29 is 24.2 Å². The molecule has 10 heteroatoms. The molecule has 8 nitrogen and oxygen atoms in total. The molecular formula is C18H26IN3O5S. The van der Waals surface area contributed by atoms with E-state index < -0.39 is 39.2 Å². The second-order valence-electron chi connectivity index (χ2n) is 7.08. The number of nitrogens with one attached hydrogen (secondary N) is 2. The highest BCUT2D eigenvalue weighted by Crippen LogP contribution is 2.22. The zero-order valence-electron chi connectivity index (χ0n) is 16.2. The molecule has 1 rings (SSSR count). The largest absolute Gasteiger partial charge is 0.479 e. The van der Waals surface area contributed by atoms with Crippen LogP contribution in [-0.4, -0.2) is 50.3 Å². The molecule has 5 N–H and O–H groups in total. The van der Waals surface area contributed by atoms with Crippen LogP contribution in [0.25, 0.3) is 0 Å². The number of alkyl carbamates (subject to hydrolysis) is 1. The number of halogens is 1. The Kier molecular flexibility index (Phi) is 9.02. The second-order valence-corrected chi connectivity index (χ2v) is 9.78. The number of carbonyl (C=O) groups is 3. The van der Waals surface area contributed by atoms with Crippen LogP contribution in [0, 0.1) is 0 Å². The Morgan fingerprint density at radius 3 is 2.25 bits per heavy atom. The van der Waals surface area contributed by atoms with Gasteiger partial charge in [-0.25, -0.2) is 9.59 Å². The minimum absolute atomic E-state index is 0.283. The number of carbonyl (C=O) groups excluding carboxylic acids is 2. The average Bonchev–Trinajstić information content (AvgIpc) is 2.58. The van der Waals surface area contributed by atoms with E-state index in [2.05, 4.69) is 10.6 Å². The van der Waals surface area contributed by atoms with Gasteiger partial charge in [0, 0.05) is 5.75 Å². The molecule has 28 heavy (non-hydrogen) atoms. The molecule has 3 atom stereocenters. The number of alkyl halides is 1. The Bertz CT molecular complexity index is 694. The van der Waals surface area contributed by atoms with Crippen molar-refractivity contribution in [3.63, 3.8) is 0 Å². The van der Waals surface area contributed by atoms with Crippen LogP contribution >= 0.6 is 34.4 Å². The van der Waals surface area contributed by atoms with Gasteiger partial charge in [0.1, 0.15) is 11.6 Å². The molecule has 0 radical (unpaired) electrons. The molecule has 1 aromatic carbocycles. The van der Waals surface area contributed by atoms with Crippen molar-refractivity contribution in [3.8, 4) is 0 Å². The van der Waals surface area contributed by atoms with Crippen molar-refractivity contribution in [2.75, 3.05) is 12.0 Å². The van der Waals surface area contributed by atoms with E-state index in [9.17, 15) is 19.5 Å². The van der Waals surface area contributed by atoms with Crippen molar-refractivity contribution in [3.05, 3.63) is 35.9 Å². The number of amides is 2. The van der Waals surface area contributed by atoms with Gasteiger partial charge < -0.3 is 26.2 Å². The first-order chi connectivity index (χ1) is 12.9. The van der Waals surface area contributed by atoms with Crippen molar-refractivity contribution in [2.45, 2.75) is 42.0 Å². The summed E-state index contributed by atoms with van der Waals surface area (Å²) < 4.78 is 3.54. The molecule has 0 saturated heterocycles. The number of aliphatic carboxylic acids is 1. The second kappa shape index (κ2) is 10.3. The molecule has 2 amide bonds. The summed E-state index contributed by atoms with van der Waals surface area (Å²) in [4.78, 5) is 36.7. The quantitative estimate of drug-likeness (QED) is 0.234. The third kappa shape index (κ3) is 7.47. The van der Waals surface area contributed by atoms with E-state index in [-0.39, 0.29) is 5.75 Å². The van der Waals surface area contributed by atoms with Crippen LogP contribution in [0.1, 0.15) is 32.4 Å². The van der Waals surface area contributed by atoms with E-state index in [4.69, 9.17) is 10.5 Å². The number of ether oxygens (including phenoxy) is 1. The fourth-order valence-corrected chi connectivity index (χ4v) is 3.56. The lowest BCUT2D eigenvalue weighted by atomic mass is 10.0. The van der Waals surface area contributed by atoms with Gasteiger partial charge in [-0.05, 0) is 55.2 Å². The van der Waals surface area contributed by atoms with Crippen LogP contribution < -0.4 is 16.4 Å². The summed E-state index contributed by atoms with van der Waals surface area (Å²) in [5.74, 6) is -1.54. The Morgan fingerprint density at radius 1 is 1.21 bits per heavy atom. The van der Waals surface area contributed by atoms with Crippen LogP contribution in [-0.2, 0) is 14.3 Å². The molecule has 1 aromatic rings. The van der Waals surface area contributed by atoms with Gasteiger partial charge in [0.05, 0.1) is 6.04 Å². The number of nitrogens with two attached hydrogens (primary N) is 1. The van der Waals surface area contributed by atoms with Crippen molar-refractivity contribution in [1.82, 2.24) is 10.6 Å². The standard InChI is InChI=1S/C18H26IN3O5S/c1-17(2,3)27-16(26)22-13(11-8-6-5-7-9-11)14(23)21-12(10-28-4)18(19,20)15(24)25/h5-9,12-13H,10,20H2,1-4H3,(H,21,23)(H,22,26)(H,24,25). The number of hydrogen-bond acceptors (Lipinski definition) is 6. The maximum absolute atomic E-state index is 13.0. The first kappa shape index (κ1) is 24.5. The summed E-state index contributed by atoms with van der Waals surface area (Å²) in [6.07, 6.45) is 1.02. The van der Waals surface area contributed by atoms with Gasteiger partial charge in [-0.2, -0.15) is 11.8 Å². The van der Waals surface area contributed by atoms with Crippen LogP contribution in [0.3, 0.4) is 0 Å². The summed E-state index contributed by atoms with van der Waals surface area (Å²) in [7, 11) is 0. The molecule has 0 aliphatic heterocycles. The van der Waals surface area contributed by atoms with Gasteiger partial charge in [-0.3, -0.25) is 4.79 Å². The fourth-order valence-electron chi connectivity index (χ4n) is 2.21. The number of rotatable bonds is 8. The first-order valence-electron chi connectivity index (χ1n) is 8.43. The zero-order valence-corrected chi connectivity index (χ0v) is 19.2. The minimum atomic E-state index is -1.70. The predicted molar refractivity (Wildman–Crippen MR) is 117 cm³/mol. The van der Waals surface area contributed by atoms with Gasteiger partial charge in [0.15, 0.2) is 3.55 Å². The lowest BCUT2D eigenvalue weighted by molar-refractivity contribution is -0.140. The van der Waals surface area contributed by atoms with Crippen LogP contribution in [0.4, 0.5) is 4.79 Å². The van der Waals surface area contributed by atoms with Crippen molar-refractivity contribution >= 4 is 52.3 Å². The van der Waals surface area contributed by atoms with Gasteiger partial charge in [-0.1, -0.05) is 30.3 Å². The van der Waals surface area contributed by atoms with Gasteiger partial charge >= 0.3 is 12.1 Å². The van der Waals surface area contributed by atoms with Crippen LogP contribution in [0.15, 0.2) is 30.3 Å². The molecule has 0 aliphatic rings.